The van der Waals surface area contributed by atoms with Crippen molar-refractivity contribution < 1.29 is 30.0 Å². The summed E-state index contributed by atoms with van der Waals surface area (Å²) < 4.78 is 6.61. The molecule has 0 aromatic carbocycles. The Labute approximate surface area is 52.6 Å². The number of hydrogen-bond acceptors (Lipinski definition) is 5. The number of nitrogens with one attached hydrogen (secondary N) is 2. The van der Waals surface area contributed by atoms with Crippen molar-refractivity contribution in [2.24, 2.45) is 5.90 Å². The molecule has 0 spiro atoms. The average Bonchev–Trinajstić information content (AvgIpc) is 1.69. The molecule has 6 heteroatoms. The Morgan fingerprint density at radius 2 is 2.43 bits per heavy atom. The van der Waals surface area contributed by atoms with Gasteiger partial charge >= 0.3 is 52.1 Å². The molecule has 0 radical (unpaired) electrons. The maximum absolute atomic E-state index is 4.65. The second kappa shape index (κ2) is 6.53. The van der Waals surface area contributed by atoms with E-state index in [1.165, 1.54) is 0 Å². The van der Waals surface area contributed by atoms with E-state index in [0.717, 1.165) is 0 Å². The van der Waals surface area contributed by atoms with E-state index in [1.54, 1.807) is 7.05 Å². The first-order valence-electron chi connectivity index (χ1n) is 1.49. The van der Waals surface area contributed by atoms with E-state index >= 15 is 0 Å². The average molecular weight is 220 g/mol. The standard InChI is InChI=1S/CH7IN3O2/c1-4-7-5-2-6-3/h4-5H,3H2,1H3/q-1. The molecule has 4 N–H and O–H groups in total. The number of rotatable bonds is 4. The van der Waals surface area contributed by atoms with Gasteiger partial charge in [0.05, 0.1) is 0 Å². The zero-order valence-electron chi connectivity index (χ0n) is 3.77. The maximum atomic E-state index is 4.65. The van der Waals surface area contributed by atoms with Crippen LogP contribution in [0.3, 0.4) is 0 Å². The van der Waals surface area contributed by atoms with Crippen LogP contribution < -0.4 is 37.0 Å². The SMILES string of the molecule is CNON[I-]ON. The van der Waals surface area contributed by atoms with Gasteiger partial charge in [-0.3, -0.25) is 0 Å². The molecule has 0 amide bonds. The molecule has 0 aromatic heterocycles. The van der Waals surface area contributed by atoms with E-state index in [1.807, 2.05) is 0 Å². The second-order valence-electron chi connectivity index (χ2n) is 0.550. The topological polar surface area (TPSA) is 68.5 Å². The molecule has 46 valence electrons. The Morgan fingerprint density at radius 1 is 1.71 bits per heavy atom. The molecule has 0 aliphatic heterocycles. The molecule has 7 heavy (non-hydrogen) atoms. The van der Waals surface area contributed by atoms with Crippen molar-refractivity contribution in [1.29, 1.82) is 0 Å². The van der Waals surface area contributed by atoms with Crippen LogP contribution in [0.15, 0.2) is 0 Å². The van der Waals surface area contributed by atoms with Gasteiger partial charge in [0.25, 0.3) is 0 Å². The normalized spacial score (nSPS) is 10.0. The van der Waals surface area contributed by atoms with Crippen molar-refractivity contribution in [2.45, 2.75) is 0 Å². The zero-order valence-corrected chi connectivity index (χ0v) is 5.93. The third kappa shape index (κ3) is 6.53. The van der Waals surface area contributed by atoms with Gasteiger partial charge in [-0.1, -0.05) is 0 Å². The minimum atomic E-state index is -0.635. The summed E-state index contributed by atoms with van der Waals surface area (Å²) in [6.07, 6.45) is 0. The molecule has 0 atom stereocenters. The summed E-state index contributed by atoms with van der Waals surface area (Å²) in [5.41, 5.74) is 2.38. The Morgan fingerprint density at radius 3 is 2.86 bits per heavy atom. The van der Waals surface area contributed by atoms with Gasteiger partial charge in [-0.05, 0) is 0 Å². The van der Waals surface area contributed by atoms with Gasteiger partial charge in [-0.25, -0.2) is 0 Å². The Balaban J connectivity index is 2.45. The molecule has 0 heterocycles. The molecule has 0 rings (SSSR count). The number of hydroxylamine groups is 1. The van der Waals surface area contributed by atoms with Crippen molar-refractivity contribution in [3.8, 4) is 0 Å². The molecule has 0 aromatic rings. The van der Waals surface area contributed by atoms with Crippen LogP contribution >= 0.6 is 0 Å². The summed E-state index contributed by atoms with van der Waals surface area (Å²) in [6, 6.07) is 0. The molecule has 0 saturated carbocycles. The minimum absolute atomic E-state index is 0.635. The Hall–Kier alpha value is 0.530. The van der Waals surface area contributed by atoms with Crippen molar-refractivity contribution in [3.05, 3.63) is 0 Å². The number of halogens is 1. The molecule has 0 unspecified atom stereocenters. The number of hydrogen-bond donors (Lipinski definition) is 3. The van der Waals surface area contributed by atoms with Crippen LogP contribution in [-0.2, 0) is 8.11 Å². The molecule has 0 saturated heterocycles. The van der Waals surface area contributed by atoms with Gasteiger partial charge in [0.1, 0.15) is 0 Å². The molecule has 0 aliphatic rings. The fourth-order valence-electron chi connectivity index (χ4n) is 0.0725. The summed E-state index contributed by atoms with van der Waals surface area (Å²) >= 11 is -0.635. The van der Waals surface area contributed by atoms with Gasteiger partial charge in [0.2, 0.25) is 0 Å². The first-order chi connectivity index (χ1) is 3.41. The Bertz CT molecular complexity index is 32.1. The van der Waals surface area contributed by atoms with Crippen LogP contribution in [-0.4, -0.2) is 7.05 Å². The fraction of sp³-hybridized carbons (Fsp3) is 1.00. The molecular weight excluding hydrogens is 213 g/mol. The van der Waals surface area contributed by atoms with Crippen LogP contribution in [0.4, 0.5) is 0 Å². The van der Waals surface area contributed by atoms with Gasteiger partial charge in [0, 0.05) is 0 Å². The Kier molecular flexibility index (Phi) is 7.02. The van der Waals surface area contributed by atoms with Crippen LogP contribution in [0.5, 0.6) is 0 Å². The quantitative estimate of drug-likeness (QED) is 0.193. The van der Waals surface area contributed by atoms with Crippen molar-refractivity contribution in [1.82, 2.24) is 9.17 Å². The van der Waals surface area contributed by atoms with Crippen molar-refractivity contribution >= 4 is 0 Å². The summed E-state index contributed by atoms with van der Waals surface area (Å²) in [7, 11) is 1.63. The zero-order chi connectivity index (χ0) is 5.54. The third-order valence-electron chi connectivity index (χ3n) is 0.217. The predicted molar refractivity (Wildman–Crippen MR) is 18.6 cm³/mol. The van der Waals surface area contributed by atoms with E-state index in [4.69, 9.17) is 0 Å². The van der Waals surface area contributed by atoms with Crippen molar-refractivity contribution in [2.75, 3.05) is 7.05 Å². The monoisotopic (exact) mass is 220 g/mol. The summed E-state index contributed by atoms with van der Waals surface area (Å²) in [5.74, 6) is 4.65. The fourth-order valence-corrected chi connectivity index (χ4v) is 0.486. The van der Waals surface area contributed by atoms with Gasteiger partial charge in [0.15, 0.2) is 0 Å². The van der Waals surface area contributed by atoms with Gasteiger partial charge < -0.3 is 0 Å². The first kappa shape index (κ1) is 7.53. The predicted octanol–water partition coefficient (Wildman–Crippen LogP) is -4.55. The third-order valence-corrected chi connectivity index (χ3v) is 0.871. The van der Waals surface area contributed by atoms with Crippen LogP contribution in [0.25, 0.3) is 0 Å². The summed E-state index contributed by atoms with van der Waals surface area (Å²) in [6.45, 7) is 0. The van der Waals surface area contributed by atoms with Crippen LogP contribution in [0.1, 0.15) is 0 Å². The van der Waals surface area contributed by atoms with E-state index in [2.05, 4.69) is 23.2 Å². The number of nitrogens with two attached hydrogens (primary N) is 1. The van der Waals surface area contributed by atoms with Gasteiger partial charge in [-0.2, -0.15) is 0 Å². The molecule has 0 bridgehead atoms. The second-order valence-corrected chi connectivity index (χ2v) is 1.94. The van der Waals surface area contributed by atoms with Crippen LogP contribution in [0, 0.1) is 0 Å². The summed E-state index contributed by atoms with van der Waals surface area (Å²) in [5, 5.41) is 0. The van der Waals surface area contributed by atoms with E-state index in [-0.39, 0.29) is 0 Å². The van der Waals surface area contributed by atoms with Crippen molar-refractivity contribution in [3.63, 3.8) is 0 Å². The molecule has 0 fully saturated rings. The summed E-state index contributed by atoms with van der Waals surface area (Å²) in [4.78, 5) is 4.42. The first-order valence-corrected chi connectivity index (χ1v) is 3.45. The van der Waals surface area contributed by atoms with Gasteiger partial charge in [-0.15, -0.1) is 0 Å². The molecule has 0 aliphatic carbocycles. The van der Waals surface area contributed by atoms with E-state index < -0.39 is 21.9 Å². The van der Waals surface area contributed by atoms with E-state index in [0.29, 0.717) is 0 Å². The molecule has 5 nitrogen and oxygen atoms in total. The van der Waals surface area contributed by atoms with E-state index in [9.17, 15) is 0 Å². The molecular formula is CH7IN3O2-. The van der Waals surface area contributed by atoms with Crippen LogP contribution in [0.2, 0.25) is 0 Å².